The van der Waals surface area contributed by atoms with Crippen LogP contribution in [0.1, 0.15) is 12.5 Å². The molecule has 0 aromatic heterocycles. The number of nitrogens with one attached hydrogen (secondary N) is 1. The van der Waals surface area contributed by atoms with Crippen molar-refractivity contribution in [2.24, 2.45) is 5.10 Å². The van der Waals surface area contributed by atoms with Crippen LogP contribution in [0.5, 0.6) is 11.5 Å². The largest absolute Gasteiger partial charge is 0.495 e. The Morgan fingerprint density at radius 1 is 1.09 bits per heavy atom. The van der Waals surface area contributed by atoms with E-state index in [0.29, 0.717) is 12.4 Å². The number of hydrogen-bond donors (Lipinski definition) is 1. The highest BCUT2D eigenvalue weighted by atomic mass is 35.5. The number of carbonyl (C=O) groups is 1. The van der Waals surface area contributed by atoms with Crippen LogP contribution in [0.15, 0.2) is 82.8 Å². The number of halogens is 1. The first-order chi connectivity index (χ1) is 16.3. The van der Waals surface area contributed by atoms with Crippen LogP contribution in [0, 0.1) is 0 Å². The Morgan fingerprint density at radius 2 is 1.79 bits per heavy atom. The SMILES string of the molecule is CCOc1ccc(/C=N\NC(=O)CN(c2ccc(OC)c(Cl)c2)S(=O)(=O)c2ccccc2)cc1. The number of hydrogen-bond acceptors (Lipinski definition) is 6. The molecule has 34 heavy (non-hydrogen) atoms. The van der Waals surface area contributed by atoms with E-state index in [1.165, 1.54) is 43.7 Å². The topological polar surface area (TPSA) is 97.3 Å². The van der Waals surface area contributed by atoms with E-state index in [2.05, 4.69) is 10.5 Å². The van der Waals surface area contributed by atoms with Crippen LogP contribution in [0.3, 0.4) is 0 Å². The number of sulfonamides is 1. The number of methoxy groups -OCH3 is 1. The van der Waals surface area contributed by atoms with E-state index in [-0.39, 0.29) is 15.6 Å². The van der Waals surface area contributed by atoms with E-state index in [4.69, 9.17) is 21.1 Å². The van der Waals surface area contributed by atoms with Crippen LogP contribution in [0.2, 0.25) is 5.02 Å². The van der Waals surface area contributed by atoms with Gasteiger partial charge in [0.1, 0.15) is 18.0 Å². The van der Waals surface area contributed by atoms with Crippen molar-refractivity contribution in [1.82, 2.24) is 5.43 Å². The summed E-state index contributed by atoms with van der Waals surface area (Å²) >= 11 is 6.21. The number of rotatable bonds is 10. The minimum Gasteiger partial charge on any atom is -0.495 e. The lowest BCUT2D eigenvalue weighted by Gasteiger charge is -2.24. The molecule has 10 heteroatoms. The molecule has 3 aromatic rings. The van der Waals surface area contributed by atoms with E-state index < -0.39 is 22.5 Å². The highest BCUT2D eigenvalue weighted by Gasteiger charge is 2.27. The Bertz CT molecular complexity index is 1250. The second-order valence-electron chi connectivity index (χ2n) is 6.94. The molecule has 3 rings (SSSR count). The molecule has 0 atom stereocenters. The summed E-state index contributed by atoms with van der Waals surface area (Å²) in [5, 5.41) is 4.14. The number of benzene rings is 3. The molecule has 8 nitrogen and oxygen atoms in total. The molecule has 3 aromatic carbocycles. The number of anilines is 1. The van der Waals surface area contributed by atoms with Crippen molar-refractivity contribution in [3.05, 3.63) is 83.4 Å². The normalized spacial score (nSPS) is 11.3. The summed E-state index contributed by atoms with van der Waals surface area (Å²) in [7, 11) is -2.61. The van der Waals surface area contributed by atoms with E-state index in [1.54, 1.807) is 42.5 Å². The fourth-order valence-electron chi connectivity index (χ4n) is 3.01. The number of ether oxygens (including phenoxy) is 2. The third-order valence-electron chi connectivity index (χ3n) is 4.64. The van der Waals surface area contributed by atoms with E-state index in [0.717, 1.165) is 15.6 Å². The van der Waals surface area contributed by atoms with Crippen molar-refractivity contribution in [2.75, 3.05) is 24.6 Å². The predicted molar refractivity (Wildman–Crippen MR) is 132 cm³/mol. The van der Waals surface area contributed by atoms with Crippen molar-refractivity contribution in [3.63, 3.8) is 0 Å². The van der Waals surface area contributed by atoms with E-state index >= 15 is 0 Å². The lowest BCUT2D eigenvalue weighted by molar-refractivity contribution is -0.119. The van der Waals surface area contributed by atoms with Crippen LogP contribution >= 0.6 is 11.6 Å². The average molecular weight is 502 g/mol. The van der Waals surface area contributed by atoms with Gasteiger partial charge in [-0.05, 0) is 67.1 Å². The average Bonchev–Trinajstić information content (AvgIpc) is 2.84. The molecule has 0 radical (unpaired) electrons. The summed E-state index contributed by atoms with van der Waals surface area (Å²) in [6, 6.07) is 19.4. The molecule has 0 aliphatic rings. The van der Waals surface area contributed by atoms with Crippen LogP contribution < -0.4 is 19.2 Å². The molecule has 1 N–H and O–H groups in total. The Labute approximate surface area is 203 Å². The predicted octanol–water partition coefficient (Wildman–Crippen LogP) is 4.09. The molecule has 0 fully saturated rings. The summed E-state index contributed by atoms with van der Waals surface area (Å²) in [4.78, 5) is 12.7. The maximum atomic E-state index is 13.3. The van der Waals surface area contributed by atoms with Crippen LogP contribution in [-0.2, 0) is 14.8 Å². The number of amides is 1. The zero-order chi connectivity index (χ0) is 24.6. The van der Waals surface area contributed by atoms with Crippen molar-refractivity contribution in [3.8, 4) is 11.5 Å². The molecule has 0 bridgehead atoms. The summed E-state index contributed by atoms with van der Waals surface area (Å²) in [5.41, 5.74) is 3.31. The van der Waals surface area contributed by atoms with Crippen molar-refractivity contribution >= 4 is 39.4 Å². The summed E-state index contributed by atoms with van der Waals surface area (Å²) in [6.45, 7) is 1.94. The molecule has 1 amide bonds. The quantitative estimate of drug-likeness (QED) is 0.333. The van der Waals surface area contributed by atoms with Gasteiger partial charge in [0.05, 0.1) is 35.5 Å². The Morgan fingerprint density at radius 3 is 2.41 bits per heavy atom. The Kier molecular flexibility index (Phi) is 8.50. The molecule has 0 saturated heterocycles. The highest BCUT2D eigenvalue weighted by molar-refractivity contribution is 7.92. The van der Waals surface area contributed by atoms with E-state index in [9.17, 15) is 13.2 Å². The highest BCUT2D eigenvalue weighted by Crippen LogP contribution is 2.31. The first kappa shape index (κ1) is 25.1. The fraction of sp³-hybridized carbons (Fsp3) is 0.167. The zero-order valence-electron chi connectivity index (χ0n) is 18.6. The summed E-state index contributed by atoms with van der Waals surface area (Å²) in [6.07, 6.45) is 1.45. The monoisotopic (exact) mass is 501 g/mol. The second kappa shape index (κ2) is 11.5. The Balaban J connectivity index is 1.81. The molecule has 0 spiro atoms. The minimum absolute atomic E-state index is 0.0348. The van der Waals surface area contributed by atoms with Crippen molar-refractivity contribution < 1.29 is 22.7 Å². The van der Waals surface area contributed by atoms with E-state index in [1.807, 2.05) is 6.92 Å². The van der Waals surface area contributed by atoms with Gasteiger partial charge in [0.25, 0.3) is 15.9 Å². The number of hydrazone groups is 1. The number of nitrogens with zero attached hydrogens (tertiary/aromatic N) is 2. The molecular weight excluding hydrogens is 478 g/mol. The molecule has 0 unspecified atom stereocenters. The molecule has 0 saturated carbocycles. The second-order valence-corrected chi connectivity index (χ2v) is 9.21. The molecule has 178 valence electrons. The minimum atomic E-state index is -4.07. The molecule has 0 aliphatic carbocycles. The van der Waals surface area contributed by atoms with Gasteiger partial charge in [-0.25, -0.2) is 13.8 Å². The van der Waals surface area contributed by atoms with Gasteiger partial charge in [-0.1, -0.05) is 29.8 Å². The van der Waals surface area contributed by atoms with Gasteiger partial charge >= 0.3 is 0 Å². The van der Waals surface area contributed by atoms with Gasteiger partial charge in [0, 0.05) is 0 Å². The zero-order valence-corrected chi connectivity index (χ0v) is 20.2. The molecular formula is C24H24ClN3O5S. The van der Waals surface area contributed by atoms with Gasteiger partial charge < -0.3 is 9.47 Å². The Hall–Kier alpha value is -3.56. The summed E-state index contributed by atoms with van der Waals surface area (Å²) < 4.78 is 38.2. The fourth-order valence-corrected chi connectivity index (χ4v) is 4.69. The lowest BCUT2D eigenvalue weighted by atomic mass is 10.2. The molecule has 0 aliphatic heterocycles. The van der Waals surface area contributed by atoms with Gasteiger partial charge in [-0.3, -0.25) is 9.10 Å². The maximum absolute atomic E-state index is 13.3. The lowest BCUT2D eigenvalue weighted by Crippen LogP contribution is -2.39. The van der Waals surface area contributed by atoms with Crippen LogP contribution in [0.25, 0.3) is 0 Å². The maximum Gasteiger partial charge on any atom is 0.264 e. The number of carbonyl (C=O) groups excluding carboxylic acids is 1. The third-order valence-corrected chi connectivity index (χ3v) is 6.72. The standard InChI is InChI=1S/C24H24ClN3O5S/c1-3-33-20-12-9-18(10-13-20)16-26-27-24(29)17-28(19-11-14-23(32-2)22(25)15-19)34(30,31)21-7-5-4-6-8-21/h4-16H,3,17H2,1-2H3,(H,27,29)/b26-16-. The van der Waals surface area contributed by atoms with Crippen molar-refractivity contribution in [1.29, 1.82) is 0 Å². The summed E-state index contributed by atoms with van der Waals surface area (Å²) in [5.74, 6) is 0.476. The first-order valence-electron chi connectivity index (χ1n) is 10.3. The van der Waals surface area contributed by atoms with Gasteiger partial charge in [-0.2, -0.15) is 5.10 Å². The van der Waals surface area contributed by atoms with Gasteiger partial charge in [0.15, 0.2) is 0 Å². The smallest absolute Gasteiger partial charge is 0.264 e. The van der Waals surface area contributed by atoms with Crippen LogP contribution in [0.4, 0.5) is 5.69 Å². The van der Waals surface area contributed by atoms with Crippen LogP contribution in [-0.4, -0.2) is 40.8 Å². The third kappa shape index (κ3) is 6.27. The first-order valence-corrected chi connectivity index (χ1v) is 12.1. The molecule has 0 heterocycles. The van der Waals surface area contributed by atoms with Gasteiger partial charge in [-0.15, -0.1) is 0 Å². The van der Waals surface area contributed by atoms with Gasteiger partial charge in [0.2, 0.25) is 0 Å². The van der Waals surface area contributed by atoms with Crippen molar-refractivity contribution in [2.45, 2.75) is 11.8 Å².